The van der Waals surface area contributed by atoms with Gasteiger partial charge in [-0.15, -0.1) is 11.6 Å². The third-order valence-corrected chi connectivity index (χ3v) is 3.71. The highest BCUT2D eigenvalue weighted by Crippen LogP contribution is 2.29. The first-order valence-corrected chi connectivity index (χ1v) is 7.37. The first-order valence-electron chi connectivity index (χ1n) is 4.97. The van der Waals surface area contributed by atoms with Crippen molar-refractivity contribution in [2.24, 2.45) is 0 Å². The smallest absolute Gasteiger partial charge is 0.131 e. The van der Waals surface area contributed by atoms with Crippen LogP contribution in [0, 0.1) is 3.57 Å². The number of halogens is 3. The molecule has 0 atom stereocenters. The van der Waals surface area contributed by atoms with Gasteiger partial charge in [-0.3, -0.25) is 0 Å². The van der Waals surface area contributed by atoms with Crippen molar-refractivity contribution in [3.8, 4) is 11.5 Å². The van der Waals surface area contributed by atoms with Crippen LogP contribution in [0.4, 0.5) is 0 Å². The molecule has 2 aromatic rings. The van der Waals surface area contributed by atoms with E-state index in [9.17, 15) is 0 Å². The Morgan fingerprint density at radius 1 is 1.12 bits per heavy atom. The van der Waals surface area contributed by atoms with Gasteiger partial charge in [0.1, 0.15) is 11.5 Å². The molecule has 0 N–H and O–H groups in total. The second kappa shape index (κ2) is 6.07. The molecule has 0 aliphatic carbocycles. The standard InChI is InChI=1S/C13H9BrClIO/c14-10-1-6-13(9(7-10)8-15)17-12-4-2-11(16)3-5-12/h1-7H,8H2. The van der Waals surface area contributed by atoms with Gasteiger partial charge in [0.15, 0.2) is 0 Å². The fourth-order valence-corrected chi connectivity index (χ4v) is 2.36. The maximum Gasteiger partial charge on any atom is 0.131 e. The summed E-state index contributed by atoms with van der Waals surface area (Å²) in [6.45, 7) is 0. The Morgan fingerprint density at radius 2 is 1.82 bits per heavy atom. The van der Waals surface area contributed by atoms with E-state index in [1.165, 1.54) is 3.57 Å². The molecule has 0 bridgehead atoms. The molecule has 2 rings (SSSR count). The zero-order valence-corrected chi connectivity index (χ0v) is 13.3. The van der Waals surface area contributed by atoms with Gasteiger partial charge in [-0.2, -0.15) is 0 Å². The van der Waals surface area contributed by atoms with E-state index in [2.05, 4.69) is 38.5 Å². The molecule has 1 nitrogen and oxygen atoms in total. The van der Waals surface area contributed by atoms with Crippen LogP contribution >= 0.6 is 50.1 Å². The number of hydrogen-bond acceptors (Lipinski definition) is 1. The Labute approximate surface area is 127 Å². The van der Waals surface area contributed by atoms with Gasteiger partial charge in [0.2, 0.25) is 0 Å². The van der Waals surface area contributed by atoms with Crippen molar-refractivity contribution in [1.29, 1.82) is 0 Å². The summed E-state index contributed by atoms with van der Waals surface area (Å²) >= 11 is 11.6. The highest BCUT2D eigenvalue weighted by atomic mass is 127. The van der Waals surface area contributed by atoms with E-state index in [1.807, 2.05) is 42.5 Å². The van der Waals surface area contributed by atoms with Crippen molar-refractivity contribution in [3.63, 3.8) is 0 Å². The molecule has 88 valence electrons. The third-order valence-electron chi connectivity index (χ3n) is 2.21. The second-order valence-electron chi connectivity index (χ2n) is 3.44. The number of hydrogen-bond donors (Lipinski definition) is 0. The molecule has 0 fully saturated rings. The van der Waals surface area contributed by atoms with Gasteiger partial charge >= 0.3 is 0 Å². The molecule has 0 spiro atoms. The van der Waals surface area contributed by atoms with Gasteiger partial charge in [0.25, 0.3) is 0 Å². The predicted octanol–water partition coefficient (Wildman–Crippen LogP) is 5.58. The van der Waals surface area contributed by atoms with Crippen LogP contribution in [-0.4, -0.2) is 0 Å². The van der Waals surface area contributed by atoms with Crippen LogP contribution in [0.2, 0.25) is 0 Å². The molecule has 0 radical (unpaired) electrons. The van der Waals surface area contributed by atoms with Crippen LogP contribution in [0.1, 0.15) is 5.56 Å². The summed E-state index contributed by atoms with van der Waals surface area (Å²) in [6.07, 6.45) is 0. The predicted molar refractivity (Wildman–Crippen MR) is 82.9 cm³/mol. The highest BCUT2D eigenvalue weighted by molar-refractivity contribution is 14.1. The molecular formula is C13H9BrClIO. The fourth-order valence-electron chi connectivity index (χ4n) is 1.38. The number of rotatable bonds is 3. The van der Waals surface area contributed by atoms with Crippen molar-refractivity contribution in [3.05, 3.63) is 56.1 Å². The molecule has 0 aromatic heterocycles. The van der Waals surface area contributed by atoms with Gasteiger partial charge in [0.05, 0.1) is 5.88 Å². The fraction of sp³-hybridized carbons (Fsp3) is 0.0769. The Bertz CT molecular complexity index is 513. The zero-order chi connectivity index (χ0) is 12.3. The van der Waals surface area contributed by atoms with Crippen LogP contribution in [-0.2, 0) is 5.88 Å². The van der Waals surface area contributed by atoms with E-state index in [-0.39, 0.29) is 0 Å². The molecule has 0 aliphatic heterocycles. The monoisotopic (exact) mass is 422 g/mol. The van der Waals surface area contributed by atoms with Gasteiger partial charge in [0, 0.05) is 13.6 Å². The number of alkyl halides is 1. The van der Waals surface area contributed by atoms with Crippen LogP contribution < -0.4 is 4.74 Å². The van der Waals surface area contributed by atoms with Crippen LogP contribution in [0.3, 0.4) is 0 Å². The summed E-state index contributed by atoms with van der Waals surface area (Å²) in [6, 6.07) is 13.7. The van der Waals surface area contributed by atoms with Gasteiger partial charge in [-0.25, -0.2) is 0 Å². The Balaban J connectivity index is 2.26. The SMILES string of the molecule is ClCc1cc(Br)ccc1Oc1ccc(I)cc1. The minimum absolute atomic E-state index is 0.430. The molecule has 0 amide bonds. The Morgan fingerprint density at radius 3 is 2.47 bits per heavy atom. The van der Waals surface area contributed by atoms with E-state index in [0.29, 0.717) is 5.88 Å². The van der Waals surface area contributed by atoms with Crippen molar-refractivity contribution in [2.75, 3.05) is 0 Å². The molecule has 0 saturated carbocycles. The largest absolute Gasteiger partial charge is 0.457 e. The molecule has 17 heavy (non-hydrogen) atoms. The summed E-state index contributed by atoms with van der Waals surface area (Å²) in [4.78, 5) is 0. The van der Waals surface area contributed by atoms with E-state index in [0.717, 1.165) is 21.5 Å². The number of ether oxygens (including phenoxy) is 1. The highest BCUT2D eigenvalue weighted by Gasteiger charge is 2.05. The molecule has 2 aromatic carbocycles. The lowest BCUT2D eigenvalue weighted by Crippen LogP contribution is -1.89. The third kappa shape index (κ3) is 3.60. The van der Waals surface area contributed by atoms with E-state index in [1.54, 1.807) is 0 Å². The Hall–Kier alpha value is -0.260. The zero-order valence-electron chi connectivity index (χ0n) is 8.79. The molecule has 0 saturated heterocycles. The number of benzene rings is 2. The Kier molecular flexibility index (Phi) is 4.70. The maximum absolute atomic E-state index is 5.89. The minimum atomic E-state index is 0.430. The summed E-state index contributed by atoms with van der Waals surface area (Å²) in [7, 11) is 0. The quantitative estimate of drug-likeness (QED) is 0.462. The van der Waals surface area contributed by atoms with Crippen LogP contribution in [0.25, 0.3) is 0 Å². The van der Waals surface area contributed by atoms with Crippen molar-refractivity contribution < 1.29 is 4.74 Å². The average Bonchev–Trinajstić information content (AvgIpc) is 2.34. The molecule has 0 heterocycles. The van der Waals surface area contributed by atoms with E-state index in [4.69, 9.17) is 16.3 Å². The normalized spacial score (nSPS) is 10.3. The summed E-state index contributed by atoms with van der Waals surface area (Å²) in [5, 5.41) is 0. The van der Waals surface area contributed by atoms with Crippen LogP contribution in [0.15, 0.2) is 46.9 Å². The van der Waals surface area contributed by atoms with E-state index < -0.39 is 0 Å². The van der Waals surface area contributed by atoms with Crippen molar-refractivity contribution >= 4 is 50.1 Å². The second-order valence-corrected chi connectivity index (χ2v) is 5.87. The lowest BCUT2D eigenvalue weighted by atomic mass is 10.2. The maximum atomic E-state index is 5.89. The lowest BCUT2D eigenvalue weighted by Gasteiger charge is -2.10. The van der Waals surface area contributed by atoms with Gasteiger partial charge < -0.3 is 4.74 Å². The molecule has 0 unspecified atom stereocenters. The molecule has 4 heteroatoms. The minimum Gasteiger partial charge on any atom is -0.457 e. The van der Waals surface area contributed by atoms with Crippen molar-refractivity contribution in [2.45, 2.75) is 5.88 Å². The lowest BCUT2D eigenvalue weighted by molar-refractivity contribution is 0.478. The van der Waals surface area contributed by atoms with Crippen molar-refractivity contribution in [1.82, 2.24) is 0 Å². The summed E-state index contributed by atoms with van der Waals surface area (Å²) in [5.41, 5.74) is 0.972. The van der Waals surface area contributed by atoms with Gasteiger partial charge in [-0.05, 0) is 65.1 Å². The molecule has 0 aliphatic rings. The first-order chi connectivity index (χ1) is 8.19. The summed E-state index contributed by atoms with van der Waals surface area (Å²) < 4.78 is 7.99. The molecular weight excluding hydrogens is 414 g/mol. The average molecular weight is 423 g/mol. The summed E-state index contributed by atoms with van der Waals surface area (Å²) in [5.74, 6) is 2.04. The van der Waals surface area contributed by atoms with E-state index >= 15 is 0 Å². The van der Waals surface area contributed by atoms with Gasteiger partial charge in [-0.1, -0.05) is 15.9 Å². The topological polar surface area (TPSA) is 9.23 Å². The van der Waals surface area contributed by atoms with Crippen LogP contribution in [0.5, 0.6) is 11.5 Å². The first kappa shape index (κ1) is 13.2.